The summed E-state index contributed by atoms with van der Waals surface area (Å²) in [5, 5.41) is 0.537. The van der Waals surface area contributed by atoms with Gasteiger partial charge in [-0.1, -0.05) is 55.9 Å². The summed E-state index contributed by atoms with van der Waals surface area (Å²) in [4.78, 5) is 13.0. The van der Waals surface area contributed by atoms with Gasteiger partial charge in [0.25, 0.3) is 0 Å². The lowest BCUT2D eigenvalue weighted by Crippen LogP contribution is -2.36. The minimum atomic E-state index is -0.483. The predicted octanol–water partition coefficient (Wildman–Crippen LogP) is 3.55. The van der Waals surface area contributed by atoms with Crippen LogP contribution in [0.25, 0.3) is 0 Å². The minimum absolute atomic E-state index is 0.0208. The van der Waals surface area contributed by atoms with Crippen LogP contribution in [-0.4, -0.2) is 10.8 Å². The largest absolute Gasteiger partial charge is 0.445 e. The molecule has 0 radical (unpaired) electrons. The van der Waals surface area contributed by atoms with Gasteiger partial charge in [-0.25, -0.2) is 0 Å². The quantitative estimate of drug-likeness (QED) is 0.786. The Morgan fingerprint density at radius 2 is 2.00 bits per heavy atom. The molecule has 0 aromatic heterocycles. The third-order valence-electron chi connectivity index (χ3n) is 4.44. The summed E-state index contributed by atoms with van der Waals surface area (Å²) in [6.07, 6.45) is 1.06. The highest BCUT2D eigenvalue weighted by Crippen LogP contribution is 2.49. The van der Waals surface area contributed by atoms with E-state index in [-0.39, 0.29) is 22.1 Å². The van der Waals surface area contributed by atoms with Gasteiger partial charge in [0.2, 0.25) is 0 Å². The maximum Gasteiger partial charge on any atom is 0.197 e. The number of hydrogen-bond donors (Lipinski definition) is 2. The number of nitrogens with two attached hydrogens (primary N) is 2. The van der Waals surface area contributed by atoms with E-state index < -0.39 is 5.92 Å². The van der Waals surface area contributed by atoms with Gasteiger partial charge >= 0.3 is 0 Å². The van der Waals surface area contributed by atoms with Crippen LogP contribution in [0.5, 0.6) is 0 Å². The Labute approximate surface area is 151 Å². The molecule has 1 heterocycles. The molecule has 1 aliphatic carbocycles. The molecular formula is C18H19ClN2O2S. The van der Waals surface area contributed by atoms with Crippen LogP contribution in [0.15, 0.2) is 47.1 Å². The molecule has 0 bridgehead atoms. The van der Waals surface area contributed by atoms with Gasteiger partial charge in [0.1, 0.15) is 10.7 Å². The van der Waals surface area contributed by atoms with Gasteiger partial charge in [-0.3, -0.25) is 4.79 Å². The number of ketones is 1. The molecule has 1 aromatic rings. The molecule has 1 aliphatic heterocycles. The lowest BCUT2D eigenvalue weighted by Gasteiger charge is -2.38. The molecule has 24 heavy (non-hydrogen) atoms. The minimum Gasteiger partial charge on any atom is -0.445 e. The second kappa shape index (κ2) is 5.90. The SMILES string of the molecule is CC1(C)CC(=O)C2=C(C1)OC(N)=C(C(N)=S)[C@@H]2c1ccccc1Cl. The molecule has 1 atom stereocenters. The lowest BCUT2D eigenvalue weighted by molar-refractivity contribution is -0.119. The fourth-order valence-electron chi connectivity index (χ4n) is 3.45. The third kappa shape index (κ3) is 2.82. The maximum atomic E-state index is 12.9. The van der Waals surface area contributed by atoms with Gasteiger partial charge in [-0.15, -0.1) is 0 Å². The summed E-state index contributed by atoms with van der Waals surface area (Å²) >= 11 is 11.6. The van der Waals surface area contributed by atoms with Crippen molar-refractivity contribution in [3.05, 3.63) is 57.6 Å². The van der Waals surface area contributed by atoms with Crippen LogP contribution in [0, 0.1) is 5.41 Å². The number of carbonyl (C=O) groups is 1. The molecule has 126 valence electrons. The monoisotopic (exact) mass is 362 g/mol. The van der Waals surface area contributed by atoms with E-state index in [0.717, 1.165) is 5.56 Å². The van der Waals surface area contributed by atoms with Gasteiger partial charge in [-0.2, -0.15) is 0 Å². The molecule has 1 aromatic carbocycles. The summed E-state index contributed by atoms with van der Waals surface area (Å²) in [6.45, 7) is 4.07. The van der Waals surface area contributed by atoms with E-state index in [0.29, 0.717) is 34.8 Å². The number of benzene rings is 1. The molecule has 0 spiro atoms. The smallest absolute Gasteiger partial charge is 0.197 e. The van der Waals surface area contributed by atoms with Crippen molar-refractivity contribution in [2.24, 2.45) is 16.9 Å². The highest BCUT2D eigenvalue weighted by Gasteiger charge is 2.43. The van der Waals surface area contributed by atoms with Crippen LogP contribution in [0.1, 0.15) is 38.2 Å². The average Bonchev–Trinajstić information content (AvgIpc) is 2.44. The molecule has 0 fully saturated rings. The zero-order chi connectivity index (χ0) is 17.6. The van der Waals surface area contributed by atoms with Crippen molar-refractivity contribution in [2.75, 3.05) is 0 Å². The Kier molecular flexibility index (Phi) is 4.18. The second-order valence-electron chi connectivity index (χ2n) is 6.98. The predicted molar refractivity (Wildman–Crippen MR) is 98.3 cm³/mol. The van der Waals surface area contributed by atoms with Gasteiger partial charge in [0.05, 0.1) is 11.5 Å². The van der Waals surface area contributed by atoms with Crippen molar-refractivity contribution in [1.29, 1.82) is 0 Å². The first-order valence-corrected chi connectivity index (χ1v) is 8.48. The van der Waals surface area contributed by atoms with Crippen LogP contribution in [0.4, 0.5) is 0 Å². The van der Waals surface area contributed by atoms with Crippen LogP contribution in [0.3, 0.4) is 0 Å². The first-order valence-electron chi connectivity index (χ1n) is 7.69. The van der Waals surface area contributed by atoms with E-state index >= 15 is 0 Å². The van der Waals surface area contributed by atoms with Crippen LogP contribution < -0.4 is 11.5 Å². The number of allylic oxidation sites excluding steroid dienone is 2. The van der Waals surface area contributed by atoms with Crippen molar-refractivity contribution >= 4 is 34.6 Å². The zero-order valence-electron chi connectivity index (χ0n) is 13.6. The van der Waals surface area contributed by atoms with E-state index in [1.54, 1.807) is 6.07 Å². The van der Waals surface area contributed by atoms with Gasteiger partial charge in [0.15, 0.2) is 11.7 Å². The molecule has 0 saturated heterocycles. The molecule has 3 rings (SSSR count). The number of ether oxygens (including phenoxy) is 1. The summed E-state index contributed by atoms with van der Waals surface area (Å²) in [5.41, 5.74) is 13.6. The standard InChI is InChI=1S/C18H19ClN2O2S/c1-18(2)7-11(22)14-12(8-18)23-16(20)15(17(21)24)13(14)9-5-3-4-6-10(9)19/h3-6,13H,7-8,20H2,1-2H3,(H2,21,24)/t13-/m1/s1. The van der Waals surface area contributed by atoms with E-state index in [4.69, 9.17) is 40.0 Å². The number of halogens is 1. The van der Waals surface area contributed by atoms with Crippen molar-refractivity contribution < 1.29 is 9.53 Å². The summed E-state index contributed by atoms with van der Waals surface area (Å²) in [6, 6.07) is 7.33. The third-order valence-corrected chi connectivity index (χ3v) is 5.00. The van der Waals surface area contributed by atoms with Crippen molar-refractivity contribution in [2.45, 2.75) is 32.6 Å². The molecule has 0 unspecified atom stereocenters. The van der Waals surface area contributed by atoms with Gasteiger partial charge in [0, 0.05) is 23.4 Å². The van der Waals surface area contributed by atoms with Crippen molar-refractivity contribution in [3.63, 3.8) is 0 Å². The van der Waals surface area contributed by atoms with E-state index in [1.165, 1.54) is 0 Å². The van der Waals surface area contributed by atoms with E-state index in [2.05, 4.69) is 0 Å². The topological polar surface area (TPSA) is 78.3 Å². The number of hydrogen-bond acceptors (Lipinski definition) is 4. The van der Waals surface area contributed by atoms with Crippen molar-refractivity contribution in [1.82, 2.24) is 0 Å². The van der Waals surface area contributed by atoms with Crippen LogP contribution in [-0.2, 0) is 9.53 Å². The highest BCUT2D eigenvalue weighted by atomic mass is 35.5. The normalized spacial score (nSPS) is 23.0. The van der Waals surface area contributed by atoms with Gasteiger partial charge in [-0.05, 0) is 17.0 Å². The Hall–Kier alpha value is -1.85. The Morgan fingerprint density at radius 3 is 2.62 bits per heavy atom. The molecule has 4 N–H and O–H groups in total. The average molecular weight is 363 g/mol. The first-order chi connectivity index (χ1) is 11.2. The molecule has 4 nitrogen and oxygen atoms in total. The summed E-state index contributed by atoms with van der Waals surface area (Å²) in [7, 11) is 0. The Balaban J connectivity index is 2.24. The van der Waals surface area contributed by atoms with E-state index in [1.807, 2.05) is 32.0 Å². The fraction of sp³-hybridized carbons (Fsp3) is 0.333. The molecule has 0 amide bonds. The molecule has 2 aliphatic rings. The number of rotatable bonds is 2. The lowest BCUT2D eigenvalue weighted by atomic mass is 9.70. The van der Waals surface area contributed by atoms with E-state index in [9.17, 15) is 4.79 Å². The van der Waals surface area contributed by atoms with Crippen LogP contribution >= 0.6 is 23.8 Å². The van der Waals surface area contributed by atoms with Gasteiger partial charge < -0.3 is 16.2 Å². The first kappa shape index (κ1) is 17.0. The molecule has 0 saturated carbocycles. The number of carbonyl (C=O) groups excluding carboxylic acids is 1. The molecular weight excluding hydrogens is 344 g/mol. The maximum absolute atomic E-state index is 12.9. The number of Topliss-reactive ketones (excluding diaryl/α,β-unsaturated/α-hetero) is 1. The molecule has 6 heteroatoms. The van der Waals surface area contributed by atoms with Crippen molar-refractivity contribution in [3.8, 4) is 0 Å². The number of thiocarbonyl (C=S) groups is 1. The van der Waals surface area contributed by atoms with Crippen LogP contribution in [0.2, 0.25) is 5.02 Å². The Morgan fingerprint density at radius 1 is 1.33 bits per heavy atom. The summed E-state index contributed by atoms with van der Waals surface area (Å²) in [5.74, 6) is 0.284. The fourth-order valence-corrected chi connectivity index (χ4v) is 3.91. The summed E-state index contributed by atoms with van der Waals surface area (Å²) < 4.78 is 5.77. The highest BCUT2D eigenvalue weighted by molar-refractivity contribution is 7.80. The zero-order valence-corrected chi connectivity index (χ0v) is 15.1. The Bertz CT molecular complexity index is 811. The second-order valence-corrected chi connectivity index (χ2v) is 7.82.